The van der Waals surface area contributed by atoms with Gasteiger partial charge in [-0.05, 0) is 69.6 Å². The van der Waals surface area contributed by atoms with Crippen molar-refractivity contribution in [1.82, 2.24) is 0 Å². The molecule has 0 bridgehead atoms. The minimum Gasteiger partial charge on any atom is -0.395 e. The first-order valence-corrected chi connectivity index (χ1v) is 9.44. The van der Waals surface area contributed by atoms with Crippen molar-refractivity contribution >= 4 is 5.78 Å². The number of allylic oxidation sites excluding steroid dienone is 1. The Morgan fingerprint density at radius 3 is 2.65 bits per heavy atom. The van der Waals surface area contributed by atoms with E-state index in [1.807, 2.05) is 0 Å². The SMILES string of the molecule is CC1=C2C[C@@H](O)CC[C@]2(CO)[C@H]2CC[C@]3(C)C(=O)CC[C@H]3[C@@H]2C1. The lowest BCUT2D eigenvalue weighted by molar-refractivity contribution is -0.133. The molecule has 0 amide bonds. The summed E-state index contributed by atoms with van der Waals surface area (Å²) in [5.74, 6) is 2.03. The second kappa shape index (κ2) is 5.16. The quantitative estimate of drug-likeness (QED) is 0.730. The number of carbonyl (C=O) groups excluding carboxylic acids is 1. The van der Waals surface area contributed by atoms with Crippen LogP contribution in [0.2, 0.25) is 0 Å². The average Bonchev–Trinajstić information content (AvgIpc) is 2.84. The Kier molecular flexibility index (Phi) is 3.55. The van der Waals surface area contributed by atoms with E-state index in [1.165, 1.54) is 11.1 Å². The molecule has 3 saturated carbocycles. The molecule has 0 heterocycles. The highest BCUT2D eigenvalue weighted by Gasteiger charge is 2.60. The molecular formula is C20H30O3. The molecule has 0 spiro atoms. The molecule has 0 saturated heterocycles. The van der Waals surface area contributed by atoms with Crippen LogP contribution in [0.4, 0.5) is 0 Å². The number of aliphatic hydroxyl groups is 2. The number of fused-ring (bicyclic) bond motifs is 5. The molecule has 6 atom stereocenters. The molecule has 0 aromatic carbocycles. The molecule has 0 aromatic heterocycles. The third kappa shape index (κ3) is 1.99. The zero-order valence-corrected chi connectivity index (χ0v) is 14.5. The Balaban J connectivity index is 1.77. The van der Waals surface area contributed by atoms with Gasteiger partial charge in [-0.2, -0.15) is 0 Å². The third-order valence-electron chi connectivity index (χ3n) is 8.16. The molecule has 3 nitrogen and oxygen atoms in total. The van der Waals surface area contributed by atoms with Gasteiger partial charge in [-0.1, -0.05) is 18.1 Å². The fourth-order valence-electron chi connectivity index (χ4n) is 6.92. The van der Waals surface area contributed by atoms with Gasteiger partial charge in [-0.15, -0.1) is 0 Å². The van der Waals surface area contributed by atoms with Crippen molar-refractivity contribution in [3.8, 4) is 0 Å². The van der Waals surface area contributed by atoms with Crippen molar-refractivity contribution < 1.29 is 15.0 Å². The van der Waals surface area contributed by atoms with Gasteiger partial charge >= 0.3 is 0 Å². The van der Waals surface area contributed by atoms with Gasteiger partial charge in [0.15, 0.2) is 0 Å². The largest absolute Gasteiger partial charge is 0.395 e. The van der Waals surface area contributed by atoms with Crippen molar-refractivity contribution in [3.63, 3.8) is 0 Å². The maximum absolute atomic E-state index is 12.5. The Labute approximate surface area is 139 Å². The van der Waals surface area contributed by atoms with E-state index >= 15 is 0 Å². The normalized spacial score (nSPS) is 49.7. The number of carbonyl (C=O) groups is 1. The van der Waals surface area contributed by atoms with E-state index in [0.717, 1.165) is 51.4 Å². The van der Waals surface area contributed by atoms with Gasteiger partial charge in [0, 0.05) is 17.3 Å². The second-order valence-electron chi connectivity index (χ2n) is 8.97. The zero-order chi connectivity index (χ0) is 16.4. The fourth-order valence-corrected chi connectivity index (χ4v) is 6.92. The van der Waals surface area contributed by atoms with E-state index < -0.39 is 0 Å². The number of hydrogen-bond acceptors (Lipinski definition) is 3. The molecule has 4 aliphatic rings. The maximum atomic E-state index is 12.5. The molecule has 3 heteroatoms. The summed E-state index contributed by atoms with van der Waals surface area (Å²) in [7, 11) is 0. The number of ketones is 1. The fraction of sp³-hybridized carbons (Fsp3) is 0.850. The van der Waals surface area contributed by atoms with Gasteiger partial charge in [0.2, 0.25) is 0 Å². The van der Waals surface area contributed by atoms with Gasteiger partial charge in [-0.3, -0.25) is 4.79 Å². The standard InChI is InChI=1S/C20H30O3/c1-12-9-14-15-3-4-18(23)19(15,2)7-6-16(14)20(11-21)8-5-13(22)10-17(12)20/h13-16,21-22H,3-11H2,1-2H3/t13-,14-,15-,16-,19-,20-/m0/s1. The van der Waals surface area contributed by atoms with Crippen molar-refractivity contribution in [1.29, 1.82) is 0 Å². The Morgan fingerprint density at radius 2 is 1.91 bits per heavy atom. The average molecular weight is 318 g/mol. The number of aliphatic hydroxyl groups excluding tert-OH is 2. The van der Waals surface area contributed by atoms with Gasteiger partial charge in [0.05, 0.1) is 12.7 Å². The number of rotatable bonds is 1. The third-order valence-corrected chi connectivity index (χ3v) is 8.16. The van der Waals surface area contributed by atoms with Crippen molar-refractivity contribution in [2.75, 3.05) is 6.61 Å². The van der Waals surface area contributed by atoms with E-state index in [-0.39, 0.29) is 23.5 Å². The Morgan fingerprint density at radius 1 is 1.13 bits per heavy atom. The summed E-state index contributed by atoms with van der Waals surface area (Å²) in [6.07, 6.45) is 7.16. The van der Waals surface area contributed by atoms with E-state index in [2.05, 4.69) is 13.8 Å². The topological polar surface area (TPSA) is 57.5 Å². The van der Waals surface area contributed by atoms with Crippen molar-refractivity contribution in [2.45, 2.75) is 71.3 Å². The summed E-state index contributed by atoms with van der Waals surface area (Å²) in [6, 6.07) is 0. The van der Waals surface area contributed by atoms with Crippen LogP contribution in [0.5, 0.6) is 0 Å². The highest BCUT2D eigenvalue weighted by molar-refractivity contribution is 5.87. The zero-order valence-electron chi connectivity index (χ0n) is 14.5. The molecule has 2 N–H and O–H groups in total. The minimum atomic E-state index is -0.238. The maximum Gasteiger partial charge on any atom is 0.139 e. The minimum absolute atomic E-state index is 0.107. The van der Waals surface area contributed by atoms with E-state index in [4.69, 9.17) is 0 Å². The lowest BCUT2D eigenvalue weighted by Gasteiger charge is -2.58. The molecule has 4 rings (SSSR count). The number of Topliss-reactive ketones (excluding diaryl/α,β-unsaturated/α-hetero) is 1. The number of hydrogen-bond donors (Lipinski definition) is 2. The first kappa shape index (κ1) is 15.8. The van der Waals surface area contributed by atoms with Crippen LogP contribution in [0, 0.1) is 28.6 Å². The molecule has 3 fully saturated rings. The molecule has 0 unspecified atom stereocenters. The van der Waals surface area contributed by atoms with Gasteiger partial charge in [0.25, 0.3) is 0 Å². The lowest BCUT2D eigenvalue weighted by atomic mass is 9.46. The highest BCUT2D eigenvalue weighted by Crippen LogP contribution is 2.65. The first-order chi connectivity index (χ1) is 10.9. The van der Waals surface area contributed by atoms with E-state index in [1.54, 1.807) is 0 Å². The summed E-state index contributed by atoms with van der Waals surface area (Å²) in [5, 5.41) is 20.5. The van der Waals surface area contributed by atoms with Crippen molar-refractivity contribution in [3.05, 3.63) is 11.1 Å². The molecule has 0 aliphatic heterocycles. The summed E-state index contributed by atoms with van der Waals surface area (Å²) < 4.78 is 0. The smallest absolute Gasteiger partial charge is 0.139 e. The van der Waals surface area contributed by atoms with Crippen LogP contribution in [0.25, 0.3) is 0 Å². The predicted octanol–water partition coefficient (Wildman–Crippen LogP) is 3.24. The van der Waals surface area contributed by atoms with E-state index in [9.17, 15) is 15.0 Å². The first-order valence-electron chi connectivity index (χ1n) is 9.44. The van der Waals surface area contributed by atoms with Crippen LogP contribution in [0.3, 0.4) is 0 Å². The van der Waals surface area contributed by atoms with E-state index in [0.29, 0.717) is 23.5 Å². The lowest BCUT2D eigenvalue weighted by Crippen LogP contribution is -2.53. The molecule has 23 heavy (non-hydrogen) atoms. The Hall–Kier alpha value is -0.670. The van der Waals surface area contributed by atoms with Gasteiger partial charge in [0.1, 0.15) is 5.78 Å². The predicted molar refractivity (Wildman–Crippen MR) is 88.7 cm³/mol. The molecule has 128 valence electrons. The van der Waals surface area contributed by atoms with Crippen molar-refractivity contribution in [2.24, 2.45) is 28.6 Å². The van der Waals surface area contributed by atoms with Crippen LogP contribution in [0.1, 0.15) is 65.2 Å². The summed E-state index contributed by atoms with van der Waals surface area (Å²) in [6.45, 7) is 4.62. The molecular weight excluding hydrogens is 288 g/mol. The summed E-state index contributed by atoms with van der Waals surface area (Å²) in [4.78, 5) is 12.5. The highest BCUT2D eigenvalue weighted by atomic mass is 16.3. The van der Waals surface area contributed by atoms with Crippen LogP contribution in [-0.2, 0) is 4.79 Å². The summed E-state index contributed by atoms with van der Waals surface area (Å²) >= 11 is 0. The molecule has 0 radical (unpaired) electrons. The Bertz CT molecular complexity index is 565. The summed E-state index contributed by atoms with van der Waals surface area (Å²) in [5.41, 5.74) is 2.53. The van der Waals surface area contributed by atoms with Gasteiger partial charge < -0.3 is 10.2 Å². The molecule has 0 aromatic rings. The monoisotopic (exact) mass is 318 g/mol. The van der Waals surface area contributed by atoms with Crippen LogP contribution in [0.15, 0.2) is 11.1 Å². The van der Waals surface area contributed by atoms with Crippen LogP contribution >= 0.6 is 0 Å². The van der Waals surface area contributed by atoms with Crippen LogP contribution < -0.4 is 0 Å². The van der Waals surface area contributed by atoms with Gasteiger partial charge in [-0.25, -0.2) is 0 Å². The molecule has 4 aliphatic carbocycles. The van der Waals surface area contributed by atoms with Crippen LogP contribution in [-0.4, -0.2) is 28.7 Å². The second-order valence-corrected chi connectivity index (χ2v) is 8.97.